The molecule has 0 saturated carbocycles. The molecule has 0 spiro atoms. The summed E-state index contributed by atoms with van der Waals surface area (Å²) >= 11 is 0. The van der Waals surface area contributed by atoms with Gasteiger partial charge >= 0.3 is 11.9 Å². The Kier molecular flexibility index (Phi) is 12.9. The summed E-state index contributed by atoms with van der Waals surface area (Å²) in [6.45, 7) is 13.8. The van der Waals surface area contributed by atoms with E-state index in [1.165, 1.54) is 0 Å². The number of carbonyl (C=O) groups is 2. The van der Waals surface area contributed by atoms with Gasteiger partial charge in [0, 0.05) is 10.8 Å². The maximum atomic E-state index is 12.6. The van der Waals surface area contributed by atoms with Gasteiger partial charge in [0.2, 0.25) is 0 Å². The van der Waals surface area contributed by atoms with E-state index in [0.717, 1.165) is 36.8 Å². The molecule has 0 aliphatic heterocycles. The monoisotopic (exact) mass is 530 g/mol. The minimum Gasteiger partial charge on any atom is -0.242 e. The molecule has 210 valence electrons. The van der Waals surface area contributed by atoms with Crippen LogP contribution in [0.1, 0.15) is 99.1 Å². The zero-order valence-corrected chi connectivity index (χ0v) is 23.5. The first kappa shape index (κ1) is 31.4. The Bertz CT molecular complexity index is 933. The van der Waals surface area contributed by atoms with Crippen molar-refractivity contribution in [2.24, 2.45) is 0 Å². The van der Waals surface area contributed by atoms with Crippen molar-refractivity contribution in [3.63, 3.8) is 0 Å². The summed E-state index contributed by atoms with van der Waals surface area (Å²) in [7, 11) is 0. The quantitative estimate of drug-likeness (QED) is 0.135. The van der Waals surface area contributed by atoms with Crippen molar-refractivity contribution >= 4 is 11.9 Å². The van der Waals surface area contributed by atoms with Crippen molar-refractivity contribution in [1.82, 2.24) is 0 Å². The van der Waals surface area contributed by atoms with Crippen molar-refractivity contribution in [3.8, 4) is 0 Å². The Morgan fingerprint density at radius 3 is 1.39 bits per heavy atom. The first-order valence-corrected chi connectivity index (χ1v) is 13.2. The second kappa shape index (κ2) is 15.6. The van der Waals surface area contributed by atoms with Gasteiger partial charge in [-0.15, -0.1) is 0 Å². The van der Waals surface area contributed by atoms with Gasteiger partial charge in [0.25, 0.3) is 0 Å². The summed E-state index contributed by atoms with van der Waals surface area (Å²) in [6.07, 6.45) is 3.89. The van der Waals surface area contributed by atoms with E-state index >= 15 is 0 Å². The first-order chi connectivity index (χ1) is 18.1. The third-order valence-corrected chi connectivity index (χ3v) is 6.12. The summed E-state index contributed by atoms with van der Waals surface area (Å²) in [4.78, 5) is 56.1. The summed E-state index contributed by atoms with van der Waals surface area (Å²) in [5.41, 5.74) is 1.38. The predicted molar refractivity (Wildman–Crippen MR) is 143 cm³/mol. The predicted octanol–water partition coefficient (Wildman–Crippen LogP) is 6.67. The minimum absolute atomic E-state index is 0.255. The summed E-state index contributed by atoms with van der Waals surface area (Å²) in [6, 6.07) is 13.9. The molecule has 8 heteroatoms. The van der Waals surface area contributed by atoms with Crippen LogP contribution in [0.5, 0.6) is 0 Å². The molecule has 2 rings (SSSR count). The smallest absolute Gasteiger partial charge is 0.242 e. The largest absolute Gasteiger partial charge is 0.386 e. The Balaban J connectivity index is 1.95. The van der Waals surface area contributed by atoms with Gasteiger partial charge in [-0.3, -0.25) is 0 Å². The van der Waals surface area contributed by atoms with E-state index in [0.29, 0.717) is 26.4 Å². The molecule has 0 heterocycles. The second-order valence-corrected chi connectivity index (χ2v) is 10.5. The number of carbonyl (C=O) groups excluding carboxylic acids is 2. The average molecular weight is 531 g/mol. The van der Waals surface area contributed by atoms with Gasteiger partial charge in [0.1, 0.15) is 0 Å². The lowest BCUT2D eigenvalue weighted by Crippen LogP contribution is -2.25. The molecule has 0 aromatic heterocycles. The topological polar surface area (TPSA) is 89.5 Å². The van der Waals surface area contributed by atoms with Crippen molar-refractivity contribution < 1.29 is 38.9 Å². The van der Waals surface area contributed by atoms with Crippen LogP contribution < -0.4 is 0 Å². The Morgan fingerprint density at radius 2 is 1.03 bits per heavy atom. The van der Waals surface area contributed by atoms with Gasteiger partial charge in [-0.05, 0) is 48.2 Å². The van der Waals surface area contributed by atoms with Crippen LogP contribution in [0.15, 0.2) is 48.5 Å². The van der Waals surface area contributed by atoms with Crippen molar-refractivity contribution in [3.05, 3.63) is 70.8 Å². The highest BCUT2D eigenvalue weighted by molar-refractivity contribution is 5.92. The third kappa shape index (κ3) is 10.2. The molecule has 0 radical (unpaired) electrons. The van der Waals surface area contributed by atoms with E-state index in [1.54, 1.807) is 36.4 Å². The number of hydrogen-bond donors (Lipinski definition) is 0. The molecule has 0 aliphatic carbocycles. The van der Waals surface area contributed by atoms with Crippen molar-refractivity contribution in [2.45, 2.75) is 78.1 Å². The average Bonchev–Trinajstić information content (AvgIpc) is 2.91. The number of unbranched alkanes of at least 4 members (excludes halogenated alkanes) is 2. The fraction of sp³-hybridized carbons (Fsp3) is 0.533. The molecule has 0 aliphatic rings. The van der Waals surface area contributed by atoms with Crippen LogP contribution in [0.25, 0.3) is 0 Å². The lowest BCUT2D eigenvalue weighted by Gasteiger charge is -2.24. The molecule has 2 aromatic rings. The number of benzene rings is 2. The van der Waals surface area contributed by atoms with Gasteiger partial charge in [-0.25, -0.2) is 38.9 Å². The lowest BCUT2D eigenvalue weighted by atomic mass is 9.85. The van der Waals surface area contributed by atoms with E-state index in [2.05, 4.69) is 13.8 Å². The van der Waals surface area contributed by atoms with E-state index < -0.39 is 22.8 Å². The van der Waals surface area contributed by atoms with E-state index in [9.17, 15) is 9.59 Å². The molecule has 0 bridgehead atoms. The zero-order valence-electron chi connectivity index (χ0n) is 23.5. The van der Waals surface area contributed by atoms with Gasteiger partial charge in [0.15, 0.2) is 0 Å². The van der Waals surface area contributed by atoms with Crippen LogP contribution in [-0.4, -0.2) is 38.4 Å². The SMILES string of the molecule is CCCCOOCC(C)(C)c1cccc(C(=O)OOC(=O)c2cccc(C(C)(C)COOCCCC)c2)c1. The maximum absolute atomic E-state index is 12.6. The van der Waals surface area contributed by atoms with Gasteiger partial charge < -0.3 is 0 Å². The molecular formula is C30H42O8. The standard InChI is InChI=1S/C30H42O8/c1-7-9-17-33-35-21-29(3,4)25-15-11-13-23(19-25)27(31)37-38-28(32)24-14-12-16-26(20-24)30(5,6)22-36-34-18-10-8-2/h11-16,19-20H,7-10,17-18,21-22H2,1-6H3. The van der Waals surface area contributed by atoms with Crippen LogP contribution >= 0.6 is 0 Å². The molecular weight excluding hydrogens is 488 g/mol. The zero-order chi connectivity index (χ0) is 28.0. The maximum Gasteiger partial charge on any atom is 0.386 e. The molecule has 38 heavy (non-hydrogen) atoms. The highest BCUT2D eigenvalue weighted by Gasteiger charge is 2.25. The van der Waals surface area contributed by atoms with Gasteiger partial charge in [-0.2, -0.15) is 0 Å². The van der Waals surface area contributed by atoms with Crippen LogP contribution in [0.4, 0.5) is 0 Å². The van der Waals surface area contributed by atoms with Crippen LogP contribution in [0, 0.1) is 0 Å². The highest BCUT2D eigenvalue weighted by atomic mass is 17.2. The summed E-state index contributed by atoms with van der Waals surface area (Å²) in [5.74, 6) is -1.55. The Hall–Kier alpha value is -2.78. The normalized spacial score (nSPS) is 11.8. The molecule has 0 saturated heterocycles. The molecule has 0 N–H and O–H groups in total. The van der Waals surface area contributed by atoms with Gasteiger partial charge in [-0.1, -0.05) is 78.6 Å². The first-order valence-electron chi connectivity index (χ1n) is 13.2. The molecule has 8 nitrogen and oxygen atoms in total. The number of rotatable bonds is 16. The fourth-order valence-corrected chi connectivity index (χ4v) is 3.38. The molecule has 0 unspecified atom stereocenters. The van der Waals surface area contributed by atoms with E-state index in [1.807, 2.05) is 39.8 Å². The lowest BCUT2D eigenvalue weighted by molar-refractivity contribution is -0.302. The van der Waals surface area contributed by atoms with Crippen LogP contribution in [0.2, 0.25) is 0 Å². The number of hydrogen-bond acceptors (Lipinski definition) is 8. The summed E-state index contributed by atoms with van der Waals surface area (Å²) < 4.78 is 0. The van der Waals surface area contributed by atoms with E-state index in [4.69, 9.17) is 29.3 Å². The molecule has 0 amide bonds. The third-order valence-electron chi connectivity index (χ3n) is 6.12. The second-order valence-electron chi connectivity index (χ2n) is 10.5. The van der Waals surface area contributed by atoms with Crippen molar-refractivity contribution in [2.75, 3.05) is 26.4 Å². The van der Waals surface area contributed by atoms with Gasteiger partial charge in [0.05, 0.1) is 37.6 Å². The minimum atomic E-state index is -0.773. The van der Waals surface area contributed by atoms with Crippen LogP contribution in [0.3, 0.4) is 0 Å². The highest BCUT2D eigenvalue weighted by Crippen LogP contribution is 2.26. The summed E-state index contributed by atoms with van der Waals surface area (Å²) in [5, 5.41) is 0. The molecule has 0 atom stereocenters. The fourth-order valence-electron chi connectivity index (χ4n) is 3.38. The molecule has 2 aromatic carbocycles. The van der Waals surface area contributed by atoms with Crippen LogP contribution in [-0.2, 0) is 40.2 Å². The Morgan fingerprint density at radius 1 is 0.632 bits per heavy atom. The Labute approximate surface area is 226 Å². The molecule has 0 fully saturated rings. The van der Waals surface area contributed by atoms with Crippen molar-refractivity contribution in [1.29, 1.82) is 0 Å². The van der Waals surface area contributed by atoms with E-state index in [-0.39, 0.29) is 11.1 Å².